The lowest BCUT2D eigenvalue weighted by Gasteiger charge is -2.12. The van der Waals surface area contributed by atoms with Crippen LogP contribution in [0, 0.1) is 12.3 Å². The van der Waals surface area contributed by atoms with Gasteiger partial charge in [0, 0.05) is 23.0 Å². The molecule has 1 amide bonds. The molecule has 0 aliphatic rings. The predicted octanol–water partition coefficient (Wildman–Crippen LogP) is 4.64. The Morgan fingerprint density at radius 1 is 1.04 bits per heavy atom. The number of hydrogen-bond donors (Lipinski definition) is 1. The molecule has 0 fully saturated rings. The number of pyridine rings is 1. The number of benzene rings is 2. The van der Waals surface area contributed by atoms with Gasteiger partial charge in [-0.3, -0.25) is 4.79 Å². The van der Waals surface area contributed by atoms with Gasteiger partial charge < -0.3 is 5.32 Å². The molecule has 4 heteroatoms. The lowest BCUT2D eigenvalue weighted by atomic mass is 10.0. The third-order valence-corrected chi connectivity index (χ3v) is 3.84. The van der Waals surface area contributed by atoms with Gasteiger partial charge in [-0.15, -0.1) is 6.42 Å². The number of hydrogen-bond acceptors (Lipinski definition) is 2. The fraction of sp³-hybridized carbons (Fsp3) is 0. The van der Waals surface area contributed by atoms with Crippen LogP contribution < -0.4 is 5.32 Å². The molecule has 3 rings (SSSR count). The lowest BCUT2D eigenvalue weighted by Crippen LogP contribution is -2.13. The SMILES string of the molecule is C#Cc1ccc(-c2ccccc2NC(=O)c2cccnc2Cl)cc1. The minimum atomic E-state index is -0.305. The standard InChI is InChI=1S/C20H13ClN2O/c1-2-14-9-11-15(12-10-14)16-6-3-4-8-18(16)23-20(24)17-7-5-13-22-19(17)21/h1,3-13H,(H,23,24). The van der Waals surface area contributed by atoms with Gasteiger partial charge in [0.05, 0.1) is 5.56 Å². The van der Waals surface area contributed by atoms with E-state index < -0.39 is 0 Å². The maximum Gasteiger partial charge on any atom is 0.258 e. The van der Waals surface area contributed by atoms with E-state index in [1.807, 2.05) is 48.5 Å². The zero-order valence-corrected chi connectivity index (χ0v) is 13.4. The quantitative estimate of drug-likeness (QED) is 0.561. The summed E-state index contributed by atoms with van der Waals surface area (Å²) in [6.45, 7) is 0. The molecule has 24 heavy (non-hydrogen) atoms. The van der Waals surface area contributed by atoms with Gasteiger partial charge in [0.2, 0.25) is 0 Å². The molecule has 0 spiro atoms. The number of rotatable bonds is 3. The number of terminal acetylenes is 1. The van der Waals surface area contributed by atoms with Crippen molar-refractivity contribution in [1.82, 2.24) is 4.98 Å². The number of nitrogens with zero attached hydrogens (tertiary/aromatic N) is 1. The summed E-state index contributed by atoms with van der Waals surface area (Å²) in [7, 11) is 0. The Labute approximate surface area is 145 Å². The van der Waals surface area contributed by atoms with Crippen molar-refractivity contribution in [2.45, 2.75) is 0 Å². The monoisotopic (exact) mass is 332 g/mol. The molecular weight excluding hydrogens is 320 g/mol. The molecule has 0 radical (unpaired) electrons. The van der Waals surface area contributed by atoms with Crippen molar-refractivity contribution >= 4 is 23.2 Å². The van der Waals surface area contributed by atoms with E-state index in [9.17, 15) is 4.79 Å². The van der Waals surface area contributed by atoms with Gasteiger partial charge in [0.1, 0.15) is 5.15 Å². The van der Waals surface area contributed by atoms with E-state index in [1.54, 1.807) is 18.3 Å². The summed E-state index contributed by atoms with van der Waals surface area (Å²) in [4.78, 5) is 16.4. The second kappa shape index (κ2) is 6.99. The summed E-state index contributed by atoms with van der Waals surface area (Å²) in [6.07, 6.45) is 6.93. The highest BCUT2D eigenvalue weighted by molar-refractivity contribution is 6.33. The first-order valence-electron chi connectivity index (χ1n) is 7.27. The maximum absolute atomic E-state index is 12.5. The molecule has 0 atom stereocenters. The van der Waals surface area contributed by atoms with Crippen LogP contribution in [0.2, 0.25) is 5.15 Å². The third-order valence-electron chi connectivity index (χ3n) is 3.54. The summed E-state index contributed by atoms with van der Waals surface area (Å²) in [5.74, 6) is 2.28. The fourth-order valence-corrected chi connectivity index (χ4v) is 2.54. The second-order valence-electron chi connectivity index (χ2n) is 5.06. The van der Waals surface area contributed by atoms with Gasteiger partial charge in [-0.05, 0) is 35.9 Å². The molecule has 1 heterocycles. The van der Waals surface area contributed by atoms with E-state index in [0.29, 0.717) is 11.3 Å². The minimum Gasteiger partial charge on any atom is -0.321 e. The predicted molar refractivity (Wildman–Crippen MR) is 97.0 cm³/mol. The van der Waals surface area contributed by atoms with Crippen molar-refractivity contribution in [2.24, 2.45) is 0 Å². The molecule has 3 aromatic rings. The van der Waals surface area contributed by atoms with Crippen molar-refractivity contribution in [3.05, 3.63) is 83.1 Å². The van der Waals surface area contributed by atoms with E-state index in [-0.39, 0.29) is 11.1 Å². The van der Waals surface area contributed by atoms with E-state index in [0.717, 1.165) is 16.7 Å². The van der Waals surface area contributed by atoms with Crippen molar-refractivity contribution in [2.75, 3.05) is 5.32 Å². The topological polar surface area (TPSA) is 42.0 Å². The Balaban J connectivity index is 1.93. The van der Waals surface area contributed by atoms with Gasteiger partial charge in [-0.25, -0.2) is 4.98 Å². The fourth-order valence-electron chi connectivity index (χ4n) is 2.33. The average molecular weight is 333 g/mol. The number of carbonyl (C=O) groups excluding carboxylic acids is 1. The first kappa shape index (κ1) is 15.8. The summed E-state index contributed by atoms with van der Waals surface area (Å²) >= 11 is 5.98. The zero-order valence-electron chi connectivity index (χ0n) is 12.7. The highest BCUT2D eigenvalue weighted by Crippen LogP contribution is 2.28. The number of halogens is 1. The highest BCUT2D eigenvalue weighted by Gasteiger charge is 2.13. The highest BCUT2D eigenvalue weighted by atomic mass is 35.5. The Bertz CT molecular complexity index is 927. The maximum atomic E-state index is 12.5. The first-order valence-corrected chi connectivity index (χ1v) is 7.65. The van der Waals surface area contributed by atoms with Gasteiger partial charge in [-0.2, -0.15) is 0 Å². The molecular formula is C20H13ClN2O. The largest absolute Gasteiger partial charge is 0.321 e. The van der Waals surface area contributed by atoms with E-state index in [1.165, 1.54) is 0 Å². The van der Waals surface area contributed by atoms with Gasteiger partial charge in [0.25, 0.3) is 5.91 Å². The van der Waals surface area contributed by atoms with Crippen molar-refractivity contribution in [3.8, 4) is 23.5 Å². The number of amides is 1. The average Bonchev–Trinajstić information content (AvgIpc) is 2.62. The lowest BCUT2D eigenvalue weighted by molar-refractivity contribution is 0.102. The number of para-hydroxylation sites is 1. The summed E-state index contributed by atoms with van der Waals surface area (Å²) in [5.41, 5.74) is 3.69. The number of nitrogens with one attached hydrogen (secondary N) is 1. The van der Waals surface area contributed by atoms with Crippen LogP contribution in [0.1, 0.15) is 15.9 Å². The van der Waals surface area contributed by atoms with Crippen LogP contribution in [-0.2, 0) is 0 Å². The minimum absolute atomic E-state index is 0.172. The van der Waals surface area contributed by atoms with E-state index >= 15 is 0 Å². The molecule has 0 bridgehead atoms. The Morgan fingerprint density at radius 2 is 1.79 bits per heavy atom. The Kier molecular flexibility index (Phi) is 4.60. The molecule has 0 saturated heterocycles. The molecule has 1 N–H and O–H groups in total. The molecule has 0 unspecified atom stereocenters. The van der Waals surface area contributed by atoms with Crippen LogP contribution in [0.3, 0.4) is 0 Å². The van der Waals surface area contributed by atoms with Gasteiger partial charge in [-0.1, -0.05) is 47.9 Å². The van der Waals surface area contributed by atoms with E-state index in [4.69, 9.17) is 18.0 Å². The van der Waals surface area contributed by atoms with Crippen molar-refractivity contribution in [1.29, 1.82) is 0 Å². The van der Waals surface area contributed by atoms with Gasteiger partial charge in [0.15, 0.2) is 0 Å². The van der Waals surface area contributed by atoms with E-state index in [2.05, 4.69) is 16.2 Å². The molecule has 0 aliphatic carbocycles. The number of aromatic nitrogens is 1. The van der Waals surface area contributed by atoms with Crippen LogP contribution in [0.4, 0.5) is 5.69 Å². The number of anilines is 1. The normalized spacial score (nSPS) is 10.0. The molecule has 1 aromatic heterocycles. The van der Waals surface area contributed by atoms with Crippen molar-refractivity contribution < 1.29 is 4.79 Å². The Morgan fingerprint density at radius 3 is 2.50 bits per heavy atom. The number of carbonyl (C=O) groups is 1. The zero-order chi connectivity index (χ0) is 16.9. The van der Waals surface area contributed by atoms with Crippen LogP contribution in [0.25, 0.3) is 11.1 Å². The van der Waals surface area contributed by atoms with Crippen molar-refractivity contribution in [3.63, 3.8) is 0 Å². The molecule has 0 aliphatic heterocycles. The molecule has 2 aromatic carbocycles. The van der Waals surface area contributed by atoms with Crippen LogP contribution in [-0.4, -0.2) is 10.9 Å². The smallest absolute Gasteiger partial charge is 0.258 e. The summed E-state index contributed by atoms with van der Waals surface area (Å²) in [5, 5.41) is 3.06. The van der Waals surface area contributed by atoms with Crippen LogP contribution in [0.5, 0.6) is 0 Å². The molecule has 0 saturated carbocycles. The summed E-state index contributed by atoms with van der Waals surface area (Å²) in [6, 6.07) is 18.4. The van der Waals surface area contributed by atoms with Crippen LogP contribution >= 0.6 is 11.6 Å². The van der Waals surface area contributed by atoms with Gasteiger partial charge >= 0.3 is 0 Å². The second-order valence-corrected chi connectivity index (χ2v) is 5.42. The molecule has 3 nitrogen and oxygen atoms in total. The first-order chi connectivity index (χ1) is 11.7. The Hall–Kier alpha value is -3.09. The third kappa shape index (κ3) is 3.29. The van der Waals surface area contributed by atoms with Crippen LogP contribution in [0.15, 0.2) is 66.9 Å². The molecule has 116 valence electrons. The summed E-state index contributed by atoms with van der Waals surface area (Å²) < 4.78 is 0.